The van der Waals surface area contributed by atoms with Gasteiger partial charge in [0.2, 0.25) is 5.91 Å². The molecule has 0 bridgehead atoms. The van der Waals surface area contributed by atoms with Crippen LogP contribution >= 0.6 is 0 Å². The van der Waals surface area contributed by atoms with Gasteiger partial charge in [-0.05, 0) is 55.3 Å². The third-order valence-electron chi connectivity index (χ3n) is 4.65. The zero-order chi connectivity index (χ0) is 21.7. The highest BCUT2D eigenvalue weighted by atomic mass is 32.2. The van der Waals surface area contributed by atoms with Crippen LogP contribution in [0.25, 0.3) is 0 Å². The highest BCUT2D eigenvalue weighted by Crippen LogP contribution is 2.28. The molecule has 30 heavy (non-hydrogen) atoms. The number of carbonyl (C=O) groups is 1. The number of carbonyl (C=O) groups excluding carboxylic acids is 1. The Morgan fingerprint density at radius 3 is 2.37 bits per heavy atom. The molecule has 0 fully saturated rings. The quantitative estimate of drug-likeness (QED) is 0.604. The van der Waals surface area contributed by atoms with Gasteiger partial charge in [-0.3, -0.25) is 9.10 Å². The van der Waals surface area contributed by atoms with Crippen molar-refractivity contribution < 1.29 is 17.6 Å². The molecule has 0 atom stereocenters. The molecule has 0 unspecified atom stereocenters. The van der Waals surface area contributed by atoms with E-state index in [2.05, 4.69) is 5.32 Å². The van der Waals surface area contributed by atoms with Crippen molar-refractivity contribution in [1.82, 2.24) is 0 Å². The molecule has 156 valence electrons. The first-order valence-corrected chi connectivity index (χ1v) is 11.0. The van der Waals surface area contributed by atoms with Crippen LogP contribution in [0.15, 0.2) is 77.7 Å². The monoisotopic (exact) mass is 426 g/mol. The highest BCUT2D eigenvalue weighted by Gasteiger charge is 2.28. The Balaban J connectivity index is 1.99. The predicted octanol–water partition coefficient (Wildman–Crippen LogP) is 4.53. The lowest BCUT2D eigenvalue weighted by Gasteiger charge is -2.26. The van der Waals surface area contributed by atoms with Crippen LogP contribution in [-0.4, -0.2) is 20.9 Å². The molecule has 1 amide bonds. The zero-order valence-electron chi connectivity index (χ0n) is 16.8. The molecule has 0 radical (unpaired) electrons. The van der Waals surface area contributed by atoms with E-state index in [-0.39, 0.29) is 10.6 Å². The van der Waals surface area contributed by atoms with E-state index in [9.17, 15) is 17.6 Å². The lowest BCUT2D eigenvalue weighted by Crippen LogP contribution is -2.38. The van der Waals surface area contributed by atoms with E-state index in [0.717, 1.165) is 15.4 Å². The Bertz CT molecular complexity index is 1150. The van der Waals surface area contributed by atoms with Gasteiger partial charge in [-0.1, -0.05) is 48.9 Å². The van der Waals surface area contributed by atoms with E-state index >= 15 is 0 Å². The summed E-state index contributed by atoms with van der Waals surface area (Å²) in [4.78, 5) is 12.8. The van der Waals surface area contributed by atoms with Crippen LogP contribution in [0.1, 0.15) is 18.1 Å². The predicted molar refractivity (Wildman–Crippen MR) is 117 cm³/mol. The summed E-state index contributed by atoms with van der Waals surface area (Å²) < 4.78 is 41.4. The molecule has 7 heteroatoms. The number of benzene rings is 3. The van der Waals surface area contributed by atoms with Gasteiger partial charge in [-0.2, -0.15) is 0 Å². The molecule has 5 nitrogen and oxygen atoms in total. The fourth-order valence-electron chi connectivity index (χ4n) is 3.09. The van der Waals surface area contributed by atoms with E-state index in [0.29, 0.717) is 12.1 Å². The lowest BCUT2D eigenvalue weighted by atomic mass is 10.1. The van der Waals surface area contributed by atoms with Crippen molar-refractivity contribution in [3.05, 3.63) is 89.7 Å². The Kier molecular flexibility index (Phi) is 6.52. The van der Waals surface area contributed by atoms with E-state index in [1.165, 1.54) is 30.3 Å². The molecule has 3 aromatic rings. The van der Waals surface area contributed by atoms with Gasteiger partial charge in [0.25, 0.3) is 10.0 Å². The molecule has 0 saturated carbocycles. The number of nitrogens with zero attached hydrogens (tertiary/aromatic N) is 1. The number of halogens is 1. The summed E-state index contributed by atoms with van der Waals surface area (Å²) in [6.45, 7) is 3.35. The van der Waals surface area contributed by atoms with Gasteiger partial charge in [0.15, 0.2) is 0 Å². The van der Waals surface area contributed by atoms with E-state index in [1.807, 2.05) is 26.0 Å². The third kappa shape index (κ3) is 4.86. The largest absolute Gasteiger partial charge is 0.324 e. The minimum atomic E-state index is -4.00. The van der Waals surface area contributed by atoms with Gasteiger partial charge in [0.05, 0.1) is 10.6 Å². The highest BCUT2D eigenvalue weighted by molar-refractivity contribution is 7.92. The van der Waals surface area contributed by atoms with Crippen molar-refractivity contribution in [3.63, 3.8) is 0 Å². The first-order chi connectivity index (χ1) is 14.3. The van der Waals surface area contributed by atoms with Gasteiger partial charge in [-0.15, -0.1) is 0 Å². The molecule has 0 aliphatic carbocycles. The van der Waals surface area contributed by atoms with Crippen LogP contribution in [0.3, 0.4) is 0 Å². The number of aryl methyl sites for hydroxylation is 2. The second-order valence-electron chi connectivity index (χ2n) is 6.87. The Morgan fingerprint density at radius 1 is 1.00 bits per heavy atom. The number of hydrogen-bond donors (Lipinski definition) is 1. The Labute approximate surface area is 176 Å². The third-order valence-corrected chi connectivity index (χ3v) is 6.42. The molecule has 3 aromatic carbocycles. The van der Waals surface area contributed by atoms with Crippen LogP contribution in [-0.2, 0) is 21.2 Å². The van der Waals surface area contributed by atoms with Gasteiger partial charge < -0.3 is 5.32 Å². The maximum atomic E-state index is 13.4. The topological polar surface area (TPSA) is 66.5 Å². The summed E-state index contributed by atoms with van der Waals surface area (Å²) in [5.41, 5.74) is 2.43. The standard InChI is InChI=1S/C23H23FN2O3S/c1-3-18-7-4-5-10-22(18)26(30(28,29)21-13-11-17(2)12-14-21)16-23(27)25-20-9-6-8-19(24)15-20/h4-15H,3,16H2,1-2H3,(H,25,27). The summed E-state index contributed by atoms with van der Waals surface area (Å²) in [5.74, 6) is -1.06. The van der Waals surface area contributed by atoms with Gasteiger partial charge in [0, 0.05) is 5.69 Å². The minimum Gasteiger partial charge on any atom is -0.324 e. The average molecular weight is 427 g/mol. The smallest absolute Gasteiger partial charge is 0.264 e. The van der Waals surface area contributed by atoms with Crippen molar-refractivity contribution in [1.29, 1.82) is 0 Å². The molecule has 0 aliphatic rings. The van der Waals surface area contributed by atoms with E-state index < -0.39 is 28.3 Å². The van der Waals surface area contributed by atoms with Crippen molar-refractivity contribution in [2.75, 3.05) is 16.2 Å². The molecular formula is C23H23FN2O3S. The number of rotatable bonds is 7. The lowest BCUT2D eigenvalue weighted by molar-refractivity contribution is -0.114. The second kappa shape index (κ2) is 9.09. The van der Waals surface area contributed by atoms with Gasteiger partial charge in [0.1, 0.15) is 12.4 Å². The number of para-hydroxylation sites is 1. The maximum absolute atomic E-state index is 13.4. The minimum absolute atomic E-state index is 0.0950. The van der Waals surface area contributed by atoms with Crippen LogP contribution in [0, 0.1) is 12.7 Å². The molecule has 0 aromatic heterocycles. The van der Waals surface area contributed by atoms with Crippen molar-refractivity contribution in [2.24, 2.45) is 0 Å². The Hall–Kier alpha value is -3.19. The summed E-state index contributed by atoms with van der Waals surface area (Å²) in [6, 6.07) is 19.0. The van der Waals surface area contributed by atoms with Crippen LogP contribution < -0.4 is 9.62 Å². The number of hydrogen-bond acceptors (Lipinski definition) is 3. The van der Waals surface area contributed by atoms with Crippen LogP contribution in [0.5, 0.6) is 0 Å². The summed E-state index contributed by atoms with van der Waals surface area (Å²) in [6.07, 6.45) is 0.599. The molecule has 3 rings (SSSR count). The molecule has 0 heterocycles. The molecule has 0 saturated heterocycles. The average Bonchev–Trinajstić information content (AvgIpc) is 2.72. The number of anilines is 2. The Morgan fingerprint density at radius 2 is 1.70 bits per heavy atom. The molecule has 1 N–H and O–H groups in total. The normalized spacial score (nSPS) is 11.2. The maximum Gasteiger partial charge on any atom is 0.264 e. The van der Waals surface area contributed by atoms with E-state index in [1.54, 1.807) is 30.3 Å². The van der Waals surface area contributed by atoms with Crippen LogP contribution in [0.4, 0.5) is 15.8 Å². The summed E-state index contributed by atoms with van der Waals surface area (Å²) >= 11 is 0. The van der Waals surface area contributed by atoms with Gasteiger partial charge >= 0.3 is 0 Å². The summed E-state index contributed by atoms with van der Waals surface area (Å²) in [7, 11) is -4.00. The number of sulfonamides is 1. The molecule has 0 spiro atoms. The van der Waals surface area contributed by atoms with Gasteiger partial charge in [-0.25, -0.2) is 12.8 Å². The fraction of sp³-hybridized carbons (Fsp3) is 0.174. The second-order valence-corrected chi connectivity index (χ2v) is 8.73. The van der Waals surface area contributed by atoms with E-state index in [4.69, 9.17) is 0 Å². The fourth-order valence-corrected chi connectivity index (χ4v) is 4.55. The molecular weight excluding hydrogens is 403 g/mol. The molecule has 0 aliphatic heterocycles. The first-order valence-electron chi connectivity index (χ1n) is 9.54. The summed E-state index contributed by atoms with van der Waals surface area (Å²) in [5, 5.41) is 2.57. The van der Waals surface area contributed by atoms with Crippen LogP contribution in [0.2, 0.25) is 0 Å². The zero-order valence-corrected chi connectivity index (χ0v) is 17.6. The number of amides is 1. The van der Waals surface area contributed by atoms with Crippen molar-refractivity contribution in [2.45, 2.75) is 25.2 Å². The number of nitrogens with one attached hydrogen (secondary N) is 1. The SMILES string of the molecule is CCc1ccccc1N(CC(=O)Nc1cccc(F)c1)S(=O)(=O)c1ccc(C)cc1. The van der Waals surface area contributed by atoms with Crippen molar-refractivity contribution in [3.8, 4) is 0 Å². The van der Waals surface area contributed by atoms with Crippen molar-refractivity contribution >= 4 is 27.3 Å². The first kappa shape index (κ1) is 21.5.